The maximum absolute atomic E-state index is 12.2. The standard InChI is InChI=1S/C16H22N2O2/c1-12-10-14(17)8-9-18(12)16(19)7-6-13-4-3-5-15(11-13)20-2/h3-7,11-12,14H,8-10,17H2,1-2H3/b7-6+. The van der Waals surface area contributed by atoms with Crippen LogP contribution in [0.1, 0.15) is 25.3 Å². The predicted octanol–water partition coefficient (Wildman–Crippen LogP) is 2.05. The monoisotopic (exact) mass is 274 g/mol. The summed E-state index contributed by atoms with van der Waals surface area (Å²) in [5, 5.41) is 0. The Balaban J connectivity index is 2.01. The molecule has 1 saturated heterocycles. The Morgan fingerprint density at radius 1 is 1.50 bits per heavy atom. The van der Waals surface area contributed by atoms with E-state index in [2.05, 4.69) is 6.92 Å². The van der Waals surface area contributed by atoms with Crippen LogP contribution in [0.15, 0.2) is 30.3 Å². The van der Waals surface area contributed by atoms with Crippen molar-refractivity contribution in [3.63, 3.8) is 0 Å². The molecule has 0 aliphatic carbocycles. The van der Waals surface area contributed by atoms with E-state index >= 15 is 0 Å². The maximum atomic E-state index is 12.2. The van der Waals surface area contributed by atoms with E-state index in [9.17, 15) is 4.79 Å². The Kier molecular flexibility index (Phi) is 4.79. The van der Waals surface area contributed by atoms with Gasteiger partial charge < -0.3 is 15.4 Å². The van der Waals surface area contributed by atoms with Crippen LogP contribution in [-0.2, 0) is 4.79 Å². The van der Waals surface area contributed by atoms with Crippen molar-refractivity contribution in [2.24, 2.45) is 5.73 Å². The number of ether oxygens (including phenoxy) is 1. The normalized spacial score (nSPS) is 23.1. The molecule has 0 bridgehead atoms. The highest BCUT2D eigenvalue weighted by Gasteiger charge is 2.25. The number of hydrogen-bond acceptors (Lipinski definition) is 3. The summed E-state index contributed by atoms with van der Waals surface area (Å²) in [5.41, 5.74) is 6.87. The van der Waals surface area contributed by atoms with Gasteiger partial charge in [-0.1, -0.05) is 12.1 Å². The molecule has 1 aromatic rings. The van der Waals surface area contributed by atoms with Crippen LogP contribution >= 0.6 is 0 Å². The number of carbonyl (C=O) groups is 1. The van der Waals surface area contributed by atoms with Gasteiger partial charge >= 0.3 is 0 Å². The van der Waals surface area contributed by atoms with Gasteiger partial charge in [0.1, 0.15) is 5.75 Å². The maximum Gasteiger partial charge on any atom is 0.246 e. The second-order valence-electron chi connectivity index (χ2n) is 5.28. The number of likely N-dealkylation sites (tertiary alicyclic amines) is 1. The van der Waals surface area contributed by atoms with Crippen LogP contribution in [0.4, 0.5) is 0 Å². The van der Waals surface area contributed by atoms with E-state index < -0.39 is 0 Å². The summed E-state index contributed by atoms with van der Waals surface area (Å²) >= 11 is 0. The van der Waals surface area contributed by atoms with Crippen LogP contribution in [-0.4, -0.2) is 36.5 Å². The molecule has 1 aliphatic heterocycles. The summed E-state index contributed by atoms with van der Waals surface area (Å²) in [6.45, 7) is 2.79. The summed E-state index contributed by atoms with van der Waals surface area (Å²) in [7, 11) is 1.63. The number of nitrogens with two attached hydrogens (primary N) is 1. The lowest BCUT2D eigenvalue weighted by atomic mass is 9.99. The molecule has 2 atom stereocenters. The first-order valence-corrected chi connectivity index (χ1v) is 6.98. The number of hydrogen-bond donors (Lipinski definition) is 1. The number of rotatable bonds is 3. The van der Waals surface area contributed by atoms with Gasteiger partial charge in [0, 0.05) is 24.7 Å². The van der Waals surface area contributed by atoms with E-state index in [1.165, 1.54) is 0 Å². The van der Waals surface area contributed by atoms with Crippen LogP contribution in [0.2, 0.25) is 0 Å². The van der Waals surface area contributed by atoms with Gasteiger partial charge in [0.25, 0.3) is 0 Å². The van der Waals surface area contributed by atoms with Crippen molar-refractivity contribution in [1.82, 2.24) is 4.90 Å². The van der Waals surface area contributed by atoms with Crippen molar-refractivity contribution in [2.45, 2.75) is 31.8 Å². The molecule has 0 aromatic heterocycles. The molecule has 1 amide bonds. The highest BCUT2D eigenvalue weighted by molar-refractivity contribution is 5.92. The molecule has 2 N–H and O–H groups in total. The lowest BCUT2D eigenvalue weighted by molar-refractivity contribution is -0.129. The Hall–Kier alpha value is -1.81. The van der Waals surface area contributed by atoms with Crippen LogP contribution < -0.4 is 10.5 Å². The molecular weight excluding hydrogens is 252 g/mol. The summed E-state index contributed by atoms with van der Waals surface area (Å²) in [6.07, 6.45) is 5.20. The summed E-state index contributed by atoms with van der Waals surface area (Å²) < 4.78 is 5.16. The van der Waals surface area contributed by atoms with E-state index in [1.807, 2.05) is 35.2 Å². The zero-order valence-corrected chi connectivity index (χ0v) is 12.1. The first-order valence-electron chi connectivity index (χ1n) is 6.98. The van der Waals surface area contributed by atoms with E-state index in [0.717, 1.165) is 30.7 Å². The lowest BCUT2D eigenvalue weighted by Gasteiger charge is -2.35. The Labute approximate surface area is 120 Å². The topological polar surface area (TPSA) is 55.6 Å². The van der Waals surface area contributed by atoms with Gasteiger partial charge in [-0.3, -0.25) is 4.79 Å². The van der Waals surface area contributed by atoms with Gasteiger partial charge in [-0.15, -0.1) is 0 Å². The van der Waals surface area contributed by atoms with Crippen molar-refractivity contribution >= 4 is 12.0 Å². The number of nitrogens with zero attached hydrogens (tertiary/aromatic N) is 1. The summed E-state index contributed by atoms with van der Waals surface area (Å²) in [4.78, 5) is 14.1. The van der Waals surface area contributed by atoms with Crippen molar-refractivity contribution < 1.29 is 9.53 Å². The first kappa shape index (κ1) is 14.6. The largest absolute Gasteiger partial charge is 0.497 e. The SMILES string of the molecule is COc1cccc(/C=C/C(=O)N2CCC(N)CC2C)c1. The molecule has 2 unspecified atom stereocenters. The fourth-order valence-electron chi connectivity index (χ4n) is 2.54. The van der Waals surface area contributed by atoms with Crippen LogP contribution in [0.25, 0.3) is 6.08 Å². The van der Waals surface area contributed by atoms with Crippen molar-refractivity contribution in [2.75, 3.05) is 13.7 Å². The molecule has 1 aliphatic rings. The van der Waals surface area contributed by atoms with Gasteiger partial charge in [-0.05, 0) is 43.5 Å². The molecule has 1 aromatic carbocycles. The van der Waals surface area contributed by atoms with Gasteiger partial charge in [-0.2, -0.15) is 0 Å². The van der Waals surface area contributed by atoms with E-state index in [-0.39, 0.29) is 18.0 Å². The van der Waals surface area contributed by atoms with Crippen molar-refractivity contribution in [1.29, 1.82) is 0 Å². The summed E-state index contributed by atoms with van der Waals surface area (Å²) in [5.74, 6) is 0.837. The molecule has 1 heterocycles. The highest BCUT2D eigenvalue weighted by atomic mass is 16.5. The minimum atomic E-state index is 0.0484. The number of methoxy groups -OCH3 is 1. The van der Waals surface area contributed by atoms with Crippen molar-refractivity contribution in [3.8, 4) is 5.75 Å². The third-order valence-corrected chi connectivity index (χ3v) is 3.71. The smallest absolute Gasteiger partial charge is 0.246 e. The van der Waals surface area contributed by atoms with Gasteiger partial charge in [0.2, 0.25) is 5.91 Å². The number of amides is 1. The minimum Gasteiger partial charge on any atom is -0.497 e. The Morgan fingerprint density at radius 2 is 2.30 bits per heavy atom. The first-order chi connectivity index (χ1) is 9.60. The molecule has 0 spiro atoms. The molecule has 4 nitrogen and oxygen atoms in total. The molecule has 20 heavy (non-hydrogen) atoms. The molecule has 108 valence electrons. The number of carbonyl (C=O) groups excluding carboxylic acids is 1. The van der Waals surface area contributed by atoms with Gasteiger partial charge in [0.15, 0.2) is 0 Å². The second-order valence-corrected chi connectivity index (χ2v) is 5.28. The average molecular weight is 274 g/mol. The highest BCUT2D eigenvalue weighted by Crippen LogP contribution is 2.17. The zero-order valence-electron chi connectivity index (χ0n) is 12.1. The Morgan fingerprint density at radius 3 is 3.00 bits per heavy atom. The second kappa shape index (κ2) is 6.57. The Bertz CT molecular complexity index is 499. The quantitative estimate of drug-likeness (QED) is 0.858. The molecule has 1 fully saturated rings. The fraction of sp³-hybridized carbons (Fsp3) is 0.438. The van der Waals surface area contributed by atoms with Gasteiger partial charge in [-0.25, -0.2) is 0 Å². The summed E-state index contributed by atoms with van der Waals surface area (Å²) in [6, 6.07) is 8.07. The third-order valence-electron chi connectivity index (χ3n) is 3.71. The van der Waals surface area contributed by atoms with E-state index in [1.54, 1.807) is 13.2 Å². The van der Waals surface area contributed by atoms with Crippen molar-refractivity contribution in [3.05, 3.63) is 35.9 Å². The van der Waals surface area contributed by atoms with Crippen LogP contribution in [0, 0.1) is 0 Å². The van der Waals surface area contributed by atoms with E-state index in [0.29, 0.717) is 0 Å². The fourth-order valence-corrected chi connectivity index (χ4v) is 2.54. The minimum absolute atomic E-state index is 0.0484. The van der Waals surface area contributed by atoms with Gasteiger partial charge in [0.05, 0.1) is 7.11 Å². The van der Waals surface area contributed by atoms with E-state index in [4.69, 9.17) is 10.5 Å². The average Bonchev–Trinajstić information content (AvgIpc) is 2.45. The molecule has 0 radical (unpaired) electrons. The van der Waals surface area contributed by atoms with Crippen LogP contribution in [0.5, 0.6) is 5.75 Å². The van der Waals surface area contributed by atoms with Crippen LogP contribution in [0.3, 0.4) is 0 Å². The lowest BCUT2D eigenvalue weighted by Crippen LogP contribution is -2.47. The molecule has 4 heteroatoms. The molecule has 0 saturated carbocycles. The molecular formula is C16H22N2O2. The number of benzene rings is 1. The predicted molar refractivity (Wildman–Crippen MR) is 80.4 cm³/mol. The number of piperidine rings is 1. The zero-order chi connectivity index (χ0) is 14.5. The molecule has 2 rings (SSSR count). The third kappa shape index (κ3) is 3.61.